The van der Waals surface area contributed by atoms with Crippen LogP contribution in [0, 0.1) is 0 Å². The highest BCUT2D eigenvalue weighted by atomic mass is 32.2. The lowest BCUT2D eigenvalue weighted by atomic mass is 9.99. The topological polar surface area (TPSA) is 83.5 Å². The van der Waals surface area contributed by atoms with Crippen LogP contribution in [0.4, 0.5) is 0 Å². The zero-order chi connectivity index (χ0) is 18.4. The Morgan fingerprint density at radius 2 is 1.64 bits per heavy atom. The maximum atomic E-state index is 12.6. The molecule has 0 aromatic heterocycles. The lowest BCUT2D eigenvalue weighted by molar-refractivity contribution is -0.137. The first-order valence-corrected chi connectivity index (χ1v) is 9.71. The van der Waals surface area contributed by atoms with E-state index in [1.165, 1.54) is 0 Å². The predicted octanol–water partition coefficient (Wildman–Crippen LogP) is 3.69. The second-order valence-electron chi connectivity index (χ2n) is 6.06. The van der Waals surface area contributed by atoms with E-state index in [9.17, 15) is 13.2 Å². The van der Waals surface area contributed by atoms with Gasteiger partial charge in [-0.05, 0) is 35.6 Å². The van der Waals surface area contributed by atoms with Crippen molar-refractivity contribution < 1.29 is 18.3 Å². The molecule has 0 saturated heterocycles. The van der Waals surface area contributed by atoms with Crippen molar-refractivity contribution in [2.75, 3.05) is 0 Å². The summed E-state index contributed by atoms with van der Waals surface area (Å²) in [7, 11) is -3.82. The van der Waals surface area contributed by atoms with Gasteiger partial charge < -0.3 is 5.11 Å². The number of aliphatic carboxylic acids is 1. The third kappa shape index (κ3) is 5.14. The average molecular weight is 361 g/mol. The van der Waals surface area contributed by atoms with Gasteiger partial charge in [0.1, 0.15) is 0 Å². The number of benzene rings is 2. The van der Waals surface area contributed by atoms with E-state index >= 15 is 0 Å². The van der Waals surface area contributed by atoms with Crippen LogP contribution in [-0.2, 0) is 14.8 Å². The van der Waals surface area contributed by atoms with Crippen LogP contribution in [0.2, 0.25) is 0 Å². The van der Waals surface area contributed by atoms with Crippen LogP contribution in [0.5, 0.6) is 0 Å². The number of hydrogen-bond acceptors (Lipinski definition) is 3. The van der Waals surface area contributed by atoms with Crippen molar-refractivity contribution in [1.29, 1.82) is 0 Å². The fourth-order valence-electron chi connectivity index (χ4n) is 2.55. The summed E-state index contributed by atoms with van der Waals surface area (Å²) in [4.78, 5) is 11.3. The zero-order valence-electron chi connectivity index (χ0n) is 14.3. The summed E-state index contributed by atoms with van der Waals surface area (Å²) >= 11 is 0. The molecule has 25 heavy (non-hydrogen) atoms. The molecule has 0 spiro atoms. The van der Waals surface area contributed by atoms with E-state index in [0.717, 1.165) is 12.0 Å². The molecule has 2 unspecified atom stereocenters. The number of carbonyl (C=O) groups is 1. The number of sulfonamides is 1. The average Bonchev–Trinajstić information content (AvgIpc) is 2.61. The second kappa shape index (κ2) is 8.27. The fourth-order valence-corrected chi connectivity index (χ4v) is 3.78. The van der Waals surface area contributed by atoms with Gasteiger partial charge in [-0.1, -0.05) is 56.3 Å². The molecule has 134 valence electrons. The molecule has 2 atom stereocenters. The zero-order valence-corrected chi connectivity index (χ0v) is 15.2. The summed E-state index contributed by atoms with van der Waals surface area (Å²) < 4.78 is 27.8. The lowest BCUT2D eigenvalue weighted by Gasteiger charge is -2.18. The largest absolute Gasteiger partial charge is 0.481 e. The molecule has 0 aliphatic heterocycles. The van der Waals surface area contributed by atoms with E-state index in [-0.39, 0.29) is 11.3 Å². The van der Waals surface area contributed by atoms with Crippen molar-refractivity contribution in [3.05, 3.63) is 65.7 Å². The quantitative estimate of drug-likeness (QED) is 0.751. The SMILES string of the molecule is CCC(C)c1ccc(S(=O)(=O)NC(CC(=O)O)c2ccccc2)cc1. The lowest BCUT2D eigenvalue weighted by Crippen LogP contribution is -2.30. The third-order valence-corrected chi connectivity index (χ3v) is 5.74. The van der Waals surface area contributed by atoms with Gasteiger partial charge in [0.25, 0.3) is 0 Å². The third-order valence-electron chi connectivity index (χ3n) is 4.25. The minimum atomic E-state index is -3.82. The molecule has 5 nitrogen and oxygen atoms in total. The van der Waals surface area contributed by atoms with Crippen molar-refractivity contribution in [2.45, 2.75) is 43.5 Å². The number of carboxylic acid groups (broad SMARTS) is 1. The van der Waals surface area contributed by atoms with Gasteiger partial charge in [-0.2, -0.15) is 0 Å². The van der Waals surface area contributed by atoms with Crippen molar-refractivity contribution in [2.24, 2.45) is 0 Å². The highest BCUT2D eigenvalue weighted by Crippen LogP contribution is 2.23. The molecule has 0 saturated carbocycles. The minimum Gasteiger partial charge on any atom is -0.481 e. The fraction of sp³-hybridized carbons (Fsp3) is 0.316. The Bertz CT molecular complexity index is 801. The molecule has 0 heterocycles. The van der Waals surface area contributed by atoms with E-state index in [0.29, 0.717) is 11.5 Å². The highest BCUT2D eigenvalue weighted by molar-refractivity contribution is 7.89. The van der Waals surface area contributed by atoms with E-state index in [2.05, 4.69) is 18.6 Å². The van der Waals surface area contributed by atoms with Crippen LogP contribution in [-0.4, -0.2) is 19.5 Å². The predicted molar refractivity (Wildman–Crippen MR) is 96.9 cm³/mol. The smallest absolute Gasteiger partial charge is 0.305 e. The Hall–Kier alpha value is -2.18. The van der Waals surface area contributed by atoms with Crippen molar-refractivity contribution in [1.82, 2.24) is 4.72 Å². The Morgan fingerprint density at radius 3 is 2.16 bits per heavy atom. The Labute approximate surface area is 148 Å². The standard InChI is InChI=1S/C19H23NO4S/c1-3-14(2)15-9-11-17(12-10-15)25(23,24)20-18(13-19(21)22)16-7-5-4-6-8-16/h4-12,14,18,20H,3,13H2,1-2H3,(H,21,22). The molecule has 0 aliphatic carbocycles. The van der Waals surface area contributed by atoms with Crippen LogP contribution in [0.1, 0.15) is 49.8 Å². The minimum absolute atomic E-state index is 0.130. The summed E-state index contributed by atoms with van der Waals surface area (Å²) in [6, 6.07) is 14.6. The van der Waals surface area contributed by atoms with Gasteiger partial charge in [-0.15, -0.1) is 0 Å². The van der Waals surface area contributed by atoms with E-state index in [1.54, 1.807) is 54.6 Å². The van der Waals surface area contributed by atoms with Crippen LogP contribution >= 0.6 is 0 Å². The van der Waals surface area contributed by atoms with Gasteiger partial charge in [-0.25, -0.2) is 13.1 Å². The maximum Gasteiger partial charge on any atom is 0.305 e. The van der Waals surface area contributed by atoms with E-state index < -0.39 is 22.0 Å². The first-order valence-electron chi connectivity index (χ1n) is 8.22. The van der Waals surface area contributed by atoms with Crippen molar-refractivity contribution in [3.8, 4) is 0 Å². The maximum absolute atomic E-state index is 12.6. The van der Waals surface area contributed by atoms with E-state index in [1.807, 2.05) is 0 Å². The van der Waals surface area contributed by atoms with Crippen LogP contribution in [0.25, 0.3) is 0 Å². The normalized spacial score (nSPS) is 14.0. The summed E-state index contributed by atoms with van der Waals surface area (Å²) in [5, 5.41) is 9.10. The number of carboxylic acids is 1. The van der Waals surface area contributed by atoms with Gasteiger partial charge in [-0.3, -0.25) is 4.79 Å². The summed E-state index contributed by atoms with van der Waals surface area (Å²) in [5.74, 6) is -0.711. The van der Waals surface area contributed by atoms with Crippen LogP contribution in [0.3, 0.4) is 0 Å². The van der Waals surface area contributed by atoms with Crippen molar-refractivity contribution >= 4 is 16.0 Å². The Morgan fingerprint density at radius 1 is 1.04 bits per heavy atom. The molecule has 0 bridgehead atoms. The molecule has 0 radical (unpaired) electrons. The number of rotatable bonds is 8. The highest BCUT2D eigenvalue weighted by Gasteiger charge is 2.23. The van der Waals surface area contributed by atoms with Crippen LogP contribution in [0.15, 0.2) is 59.5 Å². The molecule has 2 rings (SSSR count). The Balaban J connectivity index is 2.26. The Kier molecular flexibility index (Phi) is 6.33. The molecule has 2 aromatic rings. The molecular weight excluding hydrogens is 338 g/mol. The van der Waals surface area contributed by atoms with E-state index in [4.69, 9.17) is 5.11 Å². The van der Waals surface area contributed by atoms with Gasteiger partial charge in [0.15, 0.2) is 0 Å². The van der Waals surface area contributed by atoms with Crippen molar-refractivity contribution in [3.63, 3.8) is 0 Å². The van der Waals surface area contributed by atoms with Gasteiger partial charge in [0.2, 0.25) is 10.0 Å². The molecule has 2 aromatic carbocycles. The van der Waals surface area contributed by atoms with Gasteiger partial charge in [0.05, 0.1) is 17.4 Å². The first-order chi connectivity index (χ1) is 11.8. The first kappa shape index (κ1) is 19.1. The molecule has 6 heteroatoms. The van der Waals surface area contributed by atoms with Gasteiger partial charge >= 0.3 is 5.97 Å². The molecule has 0 amide bonds. The monoisotopic (exact) mass is 361 g/mol. The van der Waals surface area contributed by atoms with Gasteiger partial charge in [0, 0.05) is 0 Å². The summed E-state index contributed by atoms with van der Waals surface area (Å²) in [6.07, 6.45) is 0.646. The van der Waals surface area contributed by atoms with Crippen LogP contribution < -0.4 is 4.72 Å². The molecule has 0 aliphatic rings. The molecule has 0 fully saturated rings. The number of nitrogens with one attached hydrogen (secondary N) is 1. The number of hydrogen-bond donors (Lipinski definition) is 2. The molecule has 2 N–H and O–H groups in total. The molecular formula is C19H23NO4S. The summed E-state index contributed by atoms with van der Waals surface area (Å²) in [6.45, 7) is 4.16. The summed E-state index contributed by atoms with van der Waals surface area (Å²) in [5.41, 5.74) is 1.69. The second-order valence-corrected chi connectivity index (χ2v) is 7.77.